The van der Waals surface area contributed by atoms with Crippen LogP contribution in [0, 0.1) is 0 Å². The minimum absolute atomic E-state index is 0.0336. The molecule has 7 nitrogen and oxygen atoms in total. The van der Waals surface area contributed by atoms with Crippen molar-refractivity contribution in [2.75, 3.05) is 25.0 Å². The number of ether oxygens (including phenoxy) is 1. The molecule has 168 valence electrons. The molecule has 0 bridgehead atoms. The third kappa shape index (κ3) is 6.74. The highest BCUT2D eigenvalue weighted by Crippen LogP contribution is 2.29. The predicted molar refractivity (Wildman–Crippen MR) is 110 cm³/mol. The van der Waals surface area contributed by atoms with Crippen molar-refractivity contribution in [1.82, 2.24) is 15.2 Å². The first-order valence-corrected chi connectivity index (χ1v) is 10.6. The molecule has 11 heteroatoms. The highest BCUT2D eigenvalue weighted by molar-refractivity contribution is 7.13. The summed E-state index contributed by atoms with van der Waals surface area (Å²) >= 11 is 1.28. The number of benzene rings is 1. The highest BCUT2D eigenvalue weighted by Gasteiger charge is 2.30. The molecule has 2 aromatic rings. The Balaban J connectivity index is 1.46. The van der Waals surface area contributed by atoms with Gasteiger partial charge in [0.15, 0.2) is 5.13 Å². The largest absolute Gasteiger partial charge is 0.416 e. The van der Waals surface area contributed by atoms with Crippen molar-refractivity contribution in [2.45, 2.75) is 38.8 Å². The second kappa shape index (κ2) is 9.75. The SMILES string of the molecule is CC1CN(Cc2csc(NC(=O)CNC(=O)c3ccc(C(F)(F)F)cc3)n2)CC(C)O1. The molecule has 0 radical (unpaired) electrons. The molecule has 1 fully saturated rings. The first-order valence-electron chi connectivity index (χ1n) is 9.67. The van der Waals surface area contributed by atoms with E-state index in [1.807, 2.05) is 19.2 Å². The lowest BCUT2D eigenvalue weighted by atomic mass is 10.1. The molecule has 0 saturated carbocycles. The molecule has 1 aromatic heterocycles. The summed E-state index contributed by atoms with van der Waals surface area (Å²) in [5, 5.41) is 7.27. The fraction of sp³-hybridized carbons (Fsp3) is 0.450. The molecule has 2 atom stereocenters. The number of rotatable bonds is 6. The minimum Gasteiger partial charge on any atom is -0.373 e. The first-order chi connectivity index (χ1) is 14.6. The van der Waals surface area contributed by atoms with Crippen LogP contribution in [0.3, 0.4) is 0 Å². The van der Waals surface area contributed by atoms with Gasteiger partial charge in [0.2, 0.25) is 5.91 Å². The number of nitrogens with one attached hydrogen (secondary N) is 2. The lowest BCUT2D eigenvalue weighted by Gasteiger charge is -2.34. The Labute approximate surface area is 181 Å². The summed E-state index contributed by atoms with van der Waals surface area (Å²) in [5.74, 6) is -1.12. The van der Waals surface area contributed by atoms with E-state index in [-0.39, 0.29) is 24.3 Å². The summed E-state index contributed by atoms with van der Waals surface area (Å²) < 4.78 is 43.5. The number of alkyl halides is 3. The fourth-order valence-corrected chi connectivity index (χ4v) is 4.03. The quantitative estimate of drug-likeness (QED) is 0.698. The maximum absolute atomic E-state index is 12.6. The predicted octanol–water partition coefficient (Wildman–Crippen LogP) is 3.14. The van der Waals surface area contributed by atoms with Crippen LogP contribution < -0.4 is 10.6 Å². The van der Waals surface area contributed by atoms with Gasteiger partial charge in [-0.15, -0.1) is 11.3 Å². The van der Waals surface area contributed by atoms with Gasteiger partial charge in [0.25, 0.3) is 5.91 Å². The number of anilines is 1. The molecule has 2 N–H and O–H groups in total. The number of carbonyl (C=O) groups excluding carboxylic acids is 2. The number of hydrogen-bond acceptors (Lipinski definition) is 6. The zero-order valence-corrected chi connectivity index (χ0v) is 17.8. The van der Waals surface area contributed by atoms with Crippen LogP contribution in [-0.2, 0) is 22.3 Å². The van der Waals surface area contributed by atoms with E-state index in [4.69, 9.17) is 4.74 Å². The Morgan fingerprint density at radius 1 is 1.19 bits per heavy atom. The maximum Gasteiger partial charge on any atom is 0.416 e. The van der Waals surface area contributed by atoms with E-state index < -0.39 is 23.6 Å². The number of morpholine rings is 1. The van der Waals surface area contributed by atoms with Crippen molar-refractivity contribution in [3.8, 4) is 0 Å². The van der Waals surface area contributed by atoms with Gasteiger partial charge < -0.3 is 15.4 Å². The van der Waals surface area contributed by atoms with Crippen LogP contribution >= 0.6 is 11.3 Å². The van der Waals surface area contributed by atoms with Gasteiger partial charge in [0, 0.05) is 30.6 Å². The van der Waals surface area contributed by atoms with E-state index in [0.29, 0.717) is 11.7 Å². The van der Waals surface area contributed by atoms with Crippen molar-refractivity contribution < 1.29 is 27.5 Å². The van der Waals surface area contributed by atoms with Gasteiger partial charge in [0.05, 0.1) is 30.0 Å². The molecule has 1 saturated heterocycles. The van der Waals surface area contributed by atoms with Crippen LogP contribution in [0.5, 0.6) is 0 Å². The van der Waals surface area contributed by atoms with Gasteiger partial charge in [-0.05, 0) is 38.1 Å². The van der Waals surface area contributed by atoms with E-state index in [9.17, 15) is 22.8 Å². The summed E-state index contributed by atoms with van der Waals surface area (Å²) in [6.07, 6.45) is -4.18. The van der Waals surface area contributed by atoms with Gasteiger partial charge >= 0.3 is 6.18 Å². The molecule has 2 heterocycles. The monoisotopic (exact) mass is 456 g/mol. The van der Waals surface area contributed by atoms with Gasteiger partial charge in [-0.1, -0.05) is 0 Å². The van der Waals surface area contributed by atoms with E-state index >= 15 is 0 Å². The van der Waals surface area contributed by atoms with Gasteiger partial charge in [-0.2, -0.15) is 13.2 Å². The van der Waals surface area contributed by atoms with Gasteiger partial charge in [-0.25, -0.2) is 4.98 Å². The Bertz CT molecular complexity index is 907. The molecule has 1 aliphatic rings. The van der Waals surface area contributed by atoms with Crippen LogP contribution in [0.2, 0.25) is 0 Å². The highest BCUT2D eigenvalue weighted by atomic mass is 32.1. The third-order valence-corrected chi connectivity index (χ3v) is 5.37. The molecule has 1 aliphatic heterocycles. The van der Waals surface area contributed by atoms with Crippen LogP contribution in [0.4, 0.5) is 18.3 Å². The number of aromatic nitrogens is 1. The maximum atomic E-state index is 12.6. The summed E-state index contributed by atoms with van der Waals surface area (Å²) in [6.45, 7) is 5.98. The Kier molecular flexibility index (Phi) is 7.29. The summed E-state index contributed by atoms with van der Waals surface area (Å²) in [5.41, 5.74) is 0.0176. The number of hydrogen-bond donors (Lipinski definition) is 2. The second-order valence-electron chi connectivity index (χ2n) is 7.40. The summed E-state index contributed by atoms with van der Waals surface area (Å²) in [4.78, 5) is 30.8. The Morgan fingerprint density at radius 3 is 2.45 bits per heavy atom. The van der Waals surface area contributed by atoms with Crippen molar-refractivity contribution in [3.63, 3.8) is 0 Å². The fourth-order valence-electron chi connectivity index (χ4n) is 3.32. The Morgan fingerprint density at radius 2 is 1.84 bits per heavy atom. The minimum atomic E-state index is -4.47. The van der Waals surface area contributed by atoms with Crippen LogP contribution in [0.1, 0.15) is 35.5 Å². The lowest BCUT2D eigenvalue weighted by Crippen LogP contribution is -2.44. The van der Waals surface area contributed by atoms with E-state index in [1.165, 1.54) is 11.3 Å². The van der Waals surface area contributed by atoms with E-state index in [1.54, 1.807) is 0 Å². The Hall–Kier alpha value is -2.50. The van der Waals surface area contributed by atoms with E-state index in [2.05, 4.69) is 20.5 Å². The van der Waals surface area contributed by atoms with Crippen molar-refractivity contribution in [3.05, 3.63) is 46.5 Å². The number of thiazole rings is 1. The van der Waals surface area contributed by atoms with Crippen molar-refractivity contribution >= 4 is 28.3 Å². The summed E-state index contributed by atoms with van der Waals surface area (Å²) in [7, 11) is 0. The zero-order valence-electron chi connectivity index (χ0n) is 17.0. The van der Waals surface area contributed by atoms with Crippen LogP contribution in [-0.4, -0.2) is 53.5 Å². The second-order valence-corrected chi connectivity index (χ2v) is 8.26. The molecule has 0 aliphatic carbocycles. The number of amides is 2. The van der Waals surface area contributed by atoms with Crippen molar-refractivity contribution in [1.29, 1.82) is 0 Å². The molecule has 2 amide bonds. The first kappa shape index (κ1) is 23.2. The standard InChI is InChI=1S/C20H23F3N4O3S/c1-12-8-27(9-13(2)30-12)10-16-11-31-19(25-16)26-17(28)7-24-18(29)14-3-5-15(6-4-14)20(21,22)23/h3-6,11-13H,7-10H2,1-2H3,(H,24,29)(H,25,26,28). The molecule has 0 spiro atoms. The van der Waals surface area contributed by atoms with Crippen LogP contribution in [0.25, 0.3) is 0 Å². The third-order valence-electron chi connectivity index (χ3n) is 4.56. The molecule has 31 heavy (non-hydrogen) atoms. The van der Waals surface area contributed by atoms with Crippen LogP contribution in [0.15, 0.2) is 29.6 Å². The average molecular weight is 456 g/mol. The normalized spacial score (nSPS) is 19.8. The summed E-state index contributed by atoms with van der Waals surface area (Å²) in [6, 6.07) is 3.77. The molecular formula is C20H23F3N4O3S. The zero-order chi connectivity index (χ0) is 22.6. The molecular weight excluding hydrogens is 433 g/mol. The number of halogens is 3. The lowest BCUT2D eigenvalue weighted by molar-refractivity contribution is -0.137. The smallest absolute Gasteiger partial charge is 0.373 e. The molecule has 1 aromatic carbocycles. The van der Waals surface area contributed by atoms with Gasteiger partial charge in [0.1, 0.15) is 0 Å². The van der Waals surface area contributed by atoms with E-state index in [0.717, 1.165) is 43.0 Å². The van der Waals surface area contributed by atoms with Gasteiger partial charge in [-0.3, -0.25) is 14.5 Å². The molecule has 3 rings (SSSR count). The number of nitrogens with zero attached hydrogens (tertiary/aromatic N) is 2. The average Bonchev–Trinajstić information content (AvgIpc) is 3.11. The molecule has 2 unspecified atom stereocenters. The number of carbonyl (C=O) groups is 2. The van der Waals surface area contributed by atoms with Crippen molar-refractivity contribution in [2.24, 2.45) is 0 Å². The topological polar surface area (TPSA) is 83.6 Å².